The molecule has 0 aliphatic heterocycles. The van der Waals surface area contributed by atoms with Gasteiger partial charge < -0.3 is 29.1 Å². The number of aliphatic hydroxyl groups excluding tert-OH is 1. The standard InChI is InChI=1S/C5H10NO2.C5H11.Y/c1-5(8)6-3-2-4-7;1-3-5-4-2;/h7H,1-4H2,(H,6,8);1,3-5H2,2H3;/q2*-1;+3. The van der Waals surface area contributed by atoms with Crippen LogP contribution in [0.1, 0.15) is 32.6 Å². The van der Waals surface area contributed by atoms with Crippen LogP contribution in [0.5, 0.6) is 0 Å². The number of aliphatic hydroxyl groups is 1. The molecular weight excluding hydrogens is 255 g/mol. The van der Waals surface area contributed by atoms with Crippen molar-refractivity contribution in [3.05, 3.63) is 13.8 Å². The van der Waals surface area contributed by atoms with Crippen LogP contribution >= 0.6 is 0 Å². The Morgan fingerprint density at radius 3 is 2.21 bits per heavy atom. The summed E-state index contributed by atoms with van der Waals surface area (Å²) in [4.78, 5) is 10.0. The fourth-order valence-corrected chi connectivity index (χ4v) is 0.557. The number of carbonyl (C=O) groups excluding carboxylic acids is 1. The molecule has 80 valence electrons. The van der Waals surface area contributed by atoms with Gasteiger partial charge in [0.1, 0.15) is 0 Å². The van der Waals surface area contributed by atoms with E-state index in [0.29, 0.717) is 13.0 Å². The summed E-state index contributed by atoms with van der Waals surface area (Å²) < 4.78 is 0. The zero-order chi connectivity index (χ0) is 10.5. The minimum Gasteiger partial charge on any atom is -0.396 e. The third-order valence-electron chi connectivity index (χ3n) is 1.26. The minimum absolute atomic E-state index is 0. The predicted octanol–water partition coefficient (Wildman–Crippen LogP) is 1.33. The largest absolute Gasteiger partial charge is 3.00 e. The molecule has 0 rings (SSSR count). The fraction of sp³-hybridized carbons (Fsp3) is 0.700. The van der Waals surface area contributed by atoms with Crippen LogP contribution in [0.25, 0.3) is 0 Å². The smallest absolute Gasteiger partial charge is 0.396 e. The van der Waals surface area contributed by atoms with Crippen LogP contribution < -0.4 is 5.32 Å². The maximum Gasteiger partial charge on any atom is 3.00 e. The van der Waals surface area contributed by atoms with Crippen LogP contribution in [0, 0.1) is 13.8 Å². The molecule has 0 radical (unpaired) electrons. The van der Waals surface area contributed by atoms with Gasteiger partial charge in [0.25, 0.3) is 0 Å². The predicted molar refractivity (Wildman–Crippen MR) is 55.0 cm³/mol. The second kappa shape index (κ2) is 19.1. The van der Waals surface area contributed by atoms with Crippen LogP contribution in [0.4, 0.5) is 0 Å². The van der Waals surface area contributed by atoms with Crippen LogP contribution in [0.15, 0.2) is 0 Å². The molecule has 0 unspecified atom stereocenters. The summed E-state index contributed by atoms with van der Waals surface area (Å²) >= 11 is 0. The molecule has 0 aromatic heterocycles. The van der Waals surface area contributed by atoms with Gasteiger partial charge in [0, 0.05) is 13.2 Å². The molecule has 4 heteroatoms. The van der Waals surface area contributed by atoms with Gasteiger partial charge in [-0.05, 0) is 6.42 Å². The molecule has 0 aromatic carbocycles. The van der Waals surface area contributed by atoms with Gasteiger partial charge in [-0.25, -0.2) is 0 Å². The number of amides is 1. The SMILES string of the molecule is [CH2-]C(=O)NCCCO.[CH2-]CCCC.[Y+3]. The van der Waals surface area contributed by atoms with Crippen LogP contribution in [-0.4, -0.2) is 24.2 Å². The first-order valence-corrected chi connectivity index (χ1v) is 4.68. The van der Waals surface area contributed by atoms with E-state index in [1.165, 1.54) is 12.8 Å². The van der Waals surface area contributed by atoms with Crippen molar-refractivity contribution >= 4 is 5.91 Å². The van der Waals surface area contributed by atoms with Gasteiger partial charge in [-0.2, -0.15) is 6.42 Å². The first-order valence-electron chi connectivity index (χ1n) is 4.68. The third kappa shape index (κ3) is 29.4. The molecule has 0 bridgehead atoms. The van der Waals surface area contributed by atoms with Gasteiger partial charge in [0.15, 0.2) is 0 Å². The van der Waals surface area contributed by atoms with Crippen LogP contribution in [-0.2, 0) is 37.5 Å². The molecule has 0 heterocycles. The Kier molecular flexibility index (Phi) is 27.1. The number of hydrogen-bond donors (Lipinski definition) is 2. The molecule has 0 spiro atoms. The Hall–Kier alpha value is 0.404. The van der Waals surface area contributed by atoms with Crippen molar-refractivity contribution < 1.29 is 42.6 Å². The summed E-state index contributed by atoms with van der Waals surface area (Å²) in [6.07, 6.45) is 4.25. The molecule has 2 N–H and O–H groups in total. The number of unbranched alkanes of at least 4 members (excludes halogenated alkanes) is 2. The number of carbonyl (C=O) groups is 1. The van der Waals surface area contributed by atoms with E-state index in [1.54, 1.807) is 0 Å². The Morgan fingerprint density at radius 1 is 1.43 bits per heavy atom. The van der Waals surface area contributed by atoms with Gasteiger partial charge in [0.2, 0.25) is 0 Å². The van der Waals surface area contributed by atoms with E-state index in [1.807, 2.05) is 0 Å². The van der Waals surface area contributed by atoms with E-state index in [-0.39, 0.29) is 45.2 Å². The van der Waals surface area contributed by atoms with Crippen molar-refractivity contribution in [1.82, 2.24) is 5.32 Å². The van der Waals surface area contributed by atoms with E-state index < -0.39 is 0 Å². The Morgan fingerprint density at radius 2 is 2.00 bits per heavy atom. The Labute approximate surface area is 113 Å². The third-order valence-corrected chi connectivity index (χ3v) is 1.26. The van der Waals surface area contributed by atoms with E-state index in [0.717, 1.165) is 6.42 Å². The monoisotopic (exact) mass is 276 g/mol. The van der Waals surface area contributed by atoms with Crippen molar-refractivity contribution in [3.8, 4) is 0 Å². The Bertz CT molecular complexity index is 108. The second-order valence-corrected chi connectivity index (χ2v) is 2.63. The zero-order valence-corrected chi connectivity index (χ0v) is 11.9. The van der Waals surface area contributed by atoms with Gasteiger partial charge >= 0.3 is 32.7 Å². The quantitative estimate of drug-likeness (QED) is 0.588. The van der Waals surface area contributed by atoms with Crippen molar-refractivity contribution in [2.75, 3.05) is 13.2 Å². The molecule has 0 aliphatic rings. The summed E-state index contributed by atoms with van der Waals surface area (Å²) in [6, 6.07) is 0. The molecule has 0 fully saturated rings. The van der Waals surface area contributed by atoms with Gasteiger partial charge in [0.05, 0.1) is 5.91 Å². The molecule has 0 saturated carbocycles. The van der Waals surface area contributed by atoms with E-state index in [4.69, 9.17) is 5.11 Å². The van der Waals surface area contributed by atoms with Gasteiger partial charge in [-0.15, -0.1) is 0 Å². The molecule has 1 amide bonds. The molecule has 0 aliphatic carbocycles. The number of nitrogens with one attached hydrogen (secondary N) is 1. The average molecular weight is 276 g/mol. The average Bonchev–Trinajstić information content (AvgIpc) is 2.07. The molecule has 3 nitrogen and oxygen atoms in total. The maximum atomic E-state index is 10.0. The summed E-state index contributed by atoms with van der Waals surface area (Å²) in [5.41, 5.74) is 0. The van der Waals surface area contributed by atoms with Crippen LogP contribution in [0.2, 0.25) is 0 Å². The van der Waals surface area contributed by atoms with Crippen molar-refractivity contribution in [1.29, 1.82) is 0 Å². The number of rotatable bonds is 5. The minimum atomic E-state index is -0.293. The van der Waals surface area contributed by atoms with Gasteiger partial charge in [-0.3, -0.25) is 0 Å². The summed E-state index contributed by atoms with van der Waals surface area (Å²) in [6.45, 7) is 9.55. The molecule has 0 saturated heterocycles. The summed E-state index contributed by atoms with van der Waals surface area (Å²) in [7, 11) is 0. The van der Waals surface area contributed by atoms with E-state index in [9.17, 15) is 4.79 Å². The van der Waals surface area contributed by atoms with Crippen molar-refractivity contribution in [2.24, 2.45) is 0 Å². The normalized spacial score (nSPS) is 7.93. The molecule has 14 heavy (non-hydrogen) atoms. The molecule has 0 aromatic rings. The fourth-order valence-electron chi connectivity index (χ4n) is 0.557. The topological polar surface area (TPSA) is 49.3 Å². The zero-order valence-electron chi connectivity index (χ0n) is 9.09. The Balaban J connectivity index is -0.000000177. The first-order chi connectivity index (χ1) is 6.18. The second-order valence-electron chi connectivity index (χ2n) is 2.63. The van der Waals surface area contributed by atoms with Gasteiger partial charge in [-0.1, -0.05) is 19.8 Å². The summed E-state index contributed by atoms with van der Waals surface area (Å²) in [5.74, 6) is -0.293. The van der Waals surface area contributed by atoms with Crippen LogP contribution in [0.3, 0.4) is 0 Å². The molecular formula is C10H21NO2Y+. The van der Waals surface area contributed by atoms with E-state index in [2.05, 4.69) is 26.1 Å². The van der Waals surface area contributed by atoms with Crippen molar-refractivity contribution in [3.63, 3.8) is 0 Å². The number of hydrogen-bond acceptors (Lipinski definition) is 2. The first kappa shape index (κ1) is 19.9. The molecule has 0 atom stereocenters. The summed E-state index contributed by atoms with van der Waals surface area (Å²) in [5, 5.41) is 10.6. The maximum absolute atomic E-state index is 10.0. The van der Waals surface area contributed by atoms with E-state index >= 15 is 0 Å². The van der Waals surface area contributed by atoms with Crippen molar-refractivity contribution in [2.45, 2.75) is 32.6 Å².